The van der Waals surface area contributed by atoms with Crippen molar-refractivity contribution in [1.29, 1.82) is 0 Å². The largest absolute Gasteiger partial charge is 0.375 e. The Morgan fingerprint density at radius 3 is 2.43 bits per heavy atom. The number of nitrogens with zero attached hydrogens (tertiary/aromatic N) is 1. The maximum atomic E-state index is 12.0. The van der Waals surface area contributed by atoms with Crippen molar-refractivity contribution in [2.24, 2.45) is 5.41 Å². The van der Waals surface area contributed by atoms with Crippen molar-refractivity contribution in [1.82, 2.24) is 4.90 Å². The lowest BCUT2D eigenvalue weighted by Gasteiger charge is -2.40. The van der Waals surface area contributed by atoms with Crippen molar-refractivity contribution in [2.75, 3.05) is 13.2 Å². The molecule has 1 saturated heterocycles. The summed E-state index contributed by atoms with van der Waals surface area (Å²) in [4.78, 5) is 14.0. The molecule has 1 amide bonds. The molecule has 0 aromatic carbocycles. The molecule has 0 spiro atoms. The minimum absolute atomic E-state index is 0.148. The summed E-state index contributed by atoms with van der Waals surface area (Å²) in [7, 11) is 0. The maximum absolute atomic E-state index is 12.0. The Labute approximate surface area is 86.4 Å². The van der Waals surface area contributed by atoms with Gasteiger partial charge < -0.3 is 9.64 Å². The smallest absolute Gasteiger partial charge is 0.228 e. The van der Waals surface area contributed by atoms with Crippen LogP contribution in [0.25, 0.3) is 0 Å². The molecule has 0 saturated carbocycles. The molecule has 2 unspecified atom stereocenters. The zero-order valence-corrected chi connectivity index (χ0v) is 9.83. The van der Waals surface area contributed by atoms with Crippen molar-refractivity contribution in [2.45, 2.75) is 46.8 Å². The van der Waals surface area contributed by atoms with E-state index in [-0.39, 0.29) is 23.5 Å². The summed E-state index contributed by atoms with van der Waals surface area (Å²) >= 11 is 0. The van der Waals surface area contributed by atoms with Crippen LogP contribution in [0.15, 0.2) is 0 Å². The molecule has 1 rings (SSSR count). The van der Waals surface area contributed by atoms with Crippen LogP contribution in [0.3, 0.4) is 0 Å². The van der Waals surface area contributed by atoms with E-state index in [9.17, 15) is 4.79 Å². The Balaban J connectivity index is 2.72. The summed E-state index contributed by atoms with van der Waals surface area (Å²) < 4.78 is 5.49. The molecule has 1 fully saturated rings. The number of morpholine rings is 1. The minimum Gasteiger partial charge on any atom is -0.375 e. The second-order valence-electron chi connectivity index (χ2n) is 5.07. The first kappa shape index (κ1) is 11.5. The molecule has 3 heteroatoms. The number of amides is 1. The highest BCUT2D eigenvalue weighted by Crippen LogP contribution is 2.22. The fourth-order valence-corrected chi connectivity index (χ4v) is 1.65. The van der Waals surface area contributed by atoms with Crippen LogP contribution < -0.4 is 0 Å². The van der Waals surface area contributed by atoms with Gasteiger partial charge in [0.15, 0.2) is 0 Å². The first-order valence-electron chi connectivity index (χ1n) is 5.26. The van der Waals surface area contributed by atoms with Crippen LogP contribution in [0.2, 0.25) is 0 Å². The molecule has 1 heterocycles. The van der Waals surface area contributed by atoms with Crippen LogP contribution in [0.1, 0.15) is 34.6 Å². The van der Waals surface area contributed by atoms with Gasteiger partial charge in [0.1, 0.15) is 0 Å². The van der Waals surface area contributed by atoms with E-state index >= 15 is 0 Å². The first-order chi connectivity index (χ1) is 6.34. The number of hydrogen-bond donors (Lipinski definition) is 0. The lowest BCUT2D eigenvalue weighted by atomic mass is 9.93. The molecule has 0 N–H and O–H groups in total. The molecule has 0 radical (unpaired) electrons. The Hall–Kier alpha value is -0.570. The Kier molecular flexibility index (Phi) is 3.20. The molecule has 1 aliphatic heterocycles. The molecule has 0 aromatic rings. The van der Waals surface area contributed by atoms with Gasteiger partial charge in [-0.1, -0.05) is 20.8 Å². The van der Waals surface area contributed by atoms with Gasteiger partial charge in [-0.15, -0.1) is 0 Å². The highest BCUT2D eigenvalue weighted by Gasteiger charge is 2.34. The average molecular weight is 199 g/mol. The summed E-state index contributed by atoms with van der Waals surface area (Å²) in [6, 6.07) is 0.190. The van der Waals surface area contributed by atoms with E-state index in [4.69, 9.17) is 4.74 Å². The monoisotopic (exact) mass is 199 g/mol. The lowest BCUT2D eigenvalue weighted by Crippen LogP contribution is -2.54. The molecule has 2 atom stereocenters. The lowest BCUT2D eigenvalue weighted by molar-refractivity contribution is -0.152. The molecular formula is C11H21NO2. The van der Waals surface area contributed by atoms with Gasteiger partial charge >= 0.3 is 0 Å². The number of ether oxygens (including phenoxy) is 1. The molecule has 1 aliphatic rings. The summed E-state index contributed by atoms with van der Waals surface area (Å²) in [6.07, 6.45) is 0.148. The molecule has 0 aliphatic carbocycles. The van der Waals surface area contributed by atoms with E-state index in [0.29, 0.717) is 6.61 Å². The van der Waals surface area contributed by atoms with Gasteiger partial charge in [0.05, 0.1) is 18.8 Å². The van der Waals surface area contributed by atoms with E-state index in [2.05, 4.69) is 0 Å². The summed E-state index contributed by atoms with van der Waals surface area (Å²) in [5, 5.41) is 0. The average Bonchev–Trinajstić information content (AvgIpc) is 2.07. The second-order valence-corrected chi connectivity index (χ2v) is 5.07. The maximum Gasteiger partial charge on any atom is 0.228 e. The molecule has 82 valence electrons. The Morgan fingerprint density at radius 2 is 1.93 bits per heavy atom. The molecule has 14 heavy (non-hydrogen) atoms. The van der Waals surface area contributed by atoms with Crippen LogP contribution >= 0.6 is 0 Å². The van der Waals surface area contributed by atoms with E-state index < -0.39 is 0 Å². The van der Waals surface area contributed by atoms with Gasteiger partial charge in [-0.25, -0.2) is 0 Å². The zero-order chi connectivity index (χ0) is 10.9. The van der Waals surface area contributed by atoms with E-state index in [0.717, 1.165) is 6.54 Å². The number of carbonyl (C=O) groups excluding carboxylic acids is 1. The Bertz CT molecular complexity index is 220. The second kappa shape index (κ2) is 3.89. The fourth-order valence-electron chi connectivity index (χ4n) is 1.65. The summed E-state index contributed by atoms with van der Waals surface area (Å²) in [5.41, 5.74) is -0.286. The van der Waals surface area contributed by atoms with Crippen LogP contribution in [-0.4, -0.2) is 36.1 Å². The van der Waals surface area contributed by atoms with Gasteiger partial charge in [-0.05, 0) is 13.8 Å². The van der Waals surface area contributed by atoms with Crippen molar-refractivity contribution in [3.05, 3.63) is 0 Å². The van der Waals surface area contributed by atoms with Crippen LogP contribution in [-0.2, 0) is 9.53 Å². The molecule has 0 aromatic heterocycles. The van der Waals surface area contributed by atoms with Gasteiger partial charge in [0, 0.05) is 12.0 Å². The van der Waals surface area contributed by atoms with E-state index in [1.54, 1.807) is 0 Å². The number of hydrogen-bond acceptors (Lipinski definition) is 2. The summed E-state index contributed by atoms with van der Waals surface area (Å²) in [5.74, 6) is 0.222. The van der Waals surface area contributed by atoms with E-state index in [1.165, 1.54) is 0 Å². The van der Waals surface area contributed by atoms with Crippen molar-refractivity contribution in [3.8, 4) is 0 Å². The molecule has 0 bridgehead atoms. The van der Waals surface area contributed by atoms with Gasteiger partial charge in [0.2, 0.25) is 5.91 Å². The highest BCUT2D eigenvalue weighted by atomic mass is 16.5. The SMILES string of the molecule is CC1OCCN(C(=O)C(C)(C)C)C1C. The van der Waals surface area contributed by atoms with Crippen LogP contribution in [0, 0.1) is 5.41 Å². The minimum atomic E-state index is -0.286. The van der Waals surface area contributed by atoms with Gasteiger partial charge in [0.25, 0.3) is 0 Å². The predicted octanol–water partition coefficient (Wildman–Crippen LogP) is 1.67. The highest BCUT2D eigenvalue weighted by molar-refractivity contribution is 5.81. The van der Waals surface area contributed by atoms with Crippen LogP contribution in [0.4, 0.5) is 0 Å². The molecular weight excluding hydrogens is 178 g/mol. The molecule has 3 nitrogen and oxygen atoms in total. The number of rotatable bonds is 0. The topological polar surface area (TPSA) is 29.5 Å². The van der Waals surface area contributed by atoms with Crippen LogP contribution in [0.5, 0.6) is 0 Å². The zero-order valence-electron chi connectivity index (χ0n) is 9.83. The third kappa shape index (κ3) is 2.27. The summed E-state index contributed by atoms with van der Waals surface area (Å²) in [6.45, 7) is 11.3. The van der Waals surface area contributed by atoms with Crippen molar-refractivity contribution < 1.29 is 9.53 Å². The van der Waals surface area contributed by atoms with Crippen molar-refractivity contribution in [3.63, 3.8) is 0 Å². The standard InChI is InChI=1S/C11H21NO2/c1-8-9(2)14-7-6-12(8)10(13)11(3,4)5/h8-9H,6-7H2,1-5H3. The normalized spacial score (nSPS) is 29.1. The first-order valence-corrected chi connectivity index (χ1v) is 5.26. The van der Waals surface area contributed by atoms with Crippen molar-refractivity contribution >= 4 is 5.91 Å². The third-order valence-corrected chi connectivity index (χ3v) is 2.79. The Morgan fingerprint density at radius 1 is 1.36 bits per heavy atom. The van der Waals surface area contributed by atoms with Gasteiger partial charge in [-0.2, -0.15) is 0 Å². The van der Waals surface area contributed by atoms with Gasteiger partial charge in [-0.3, -0.25) is 4.79 Å². The fraction of sp³-hybridized carbons (Fsp3) is 0.909. The number of carbonyl (C=O) groups is 1. The predicted molar refractivity (Wildman–Crippen MR) is 56.0 cm³/mol. The third-order valence-electron chi connectivity index (χ3n) is 2.79. The quantitative estimate of drug-likeness (QED) is 0.594. The van der Waals surface area contributed by atoms with E-state index in [1.807, 2.05) is 39.5 Å².